The number of ketones is 1. The summed E-state index contributed by atoms with van der Waals surface area (Å²) in [6, 6.07) is 11.0. The van der Waals surface area contributed by atoms with Crippen molar-refractivity contribution in [3.8, 4) is 17.5 Å². The third-order valence-electron chi connectivity index (χ3n) is 6.04. The van der Waals surface area contributed by atoms with E-state index in [1.54, 1.807) is 0 Å². The van der Waals surface area contributed by atoms with E-state index in [-0.39, 0.29) is 17.0 Å². The summed E-state index contributed by atoms with van der Waals surface area (Å²) in [5.41, 5.74) is 3.23. The van der Waals surface area contributed by atoms with Crippen LogP contribution in [-0.2, 0) is 10.2 Å². The third-order valence-corrected chi connectivity index (χ3v) is 8.03. The quantitative estimate of drug-likeness (QED) is 0.381. The monoisotopic (exact) mass is 479 g/mol. The summed E-state index contributed by atoms with van der Waals surface area (Å²) in [4.78, 5) is 17.2. The van der Waals surface area contributed by atoms with Gasteiger partial charge in [-0.1, -0.05) is 69.6 Å². The van der Waals surface area contributed by atoms with Gasteiger partial charge in [-0.2, -0.15) is 5.26 Å². The third kappa shape index (κ3) is 5.20. The van der Waals surface area contributed by atoms with Crippen molar-refractivity contribution >= 4 is 28.9 Å². The van der Waals surface area contributed by atoms with Gasteiger partial charge in [0.05, 0.1) is 11.8 Å². The Kier molecular flexibility index (Phi) is 7.01. The van der Waals surface area contributed by atoms with Crippen molar-refractivity contribution in [2.45, 2.75) is 75.9 Å². The topological polar surface area (TPSA) is 84.5 Å². The molecular weight excluding hydrogens is 450 g/mol. The molecule has 1 saturated carbocycles. The maximum atomic E-state index is 12.9. The summed E-state index contributed by atoms with van der Waals surface area (Å²) in [5, 5.41) is 21.8. The van der Waals surface area contributed by atoms with Crippen LogP contribution in [-0.4, -0.2) is 31.3 Å². The van der Waals surface area contributed by atoms with Crippen molar-refractivity contribution in [2.24, 2.45) is 0 Å². The van der Waals surface area contributed by atoms with Gasteiger partial charge >= 0.3 is 0 Å². The predicted octanol–water partition coefficient (Wildman–Crippen LogP) is 6.09. The molecular formula is C25H29N5OS2. The minimum Gasteiger partial charge on any atom is -0.299 e. The van der Waals surface area contributed by atoms with Crippen LogP contribution in [0.1, 0.15) is 74.7 Å². The molecule has 2 aromatic heterocycles. The number of thioether (sulfide) groups is 1. The molecule has 0 unspecified atom stereocenters. The molecule has 0 bridgehead atoms. The number of rotatable bonds is 7. The van der Waals surface area contributed by atoms with Gasteiger partial charge in [-0.05, 0) is 30.7 Å². The van der Waals surface area contributed by atoms with Crippen molar-refractivity contribution in [3.05, 3.63) is 45.9 Å². The smallest absolute Gasteiger partial charge is 0.192 e. The highest BCUT2D eigenvalue weighted by Gasteiger charge is 2.28. The molecule has 1 aromatic carbocycles. The highest BCUT2D eigenvalue weighted by atomic mass is 32.2. The first-order valence-electron chi connectivity index (χ1n) is 11.3. The molecule has 1 aliphatic carbocycles. The van der Waals surface area contributed by atoms with Gasteiger partial charge in [-0.3, -0.25) is 9.36 Å². The molecule has 6 nitrogen and oxygen atoms in total. The van der Waals surface area contributed by atoms with E-state index in [0.29, 0.717) is 11.0 Å². The fourth-order valence-corrected chi connectivity index (χ4v) is 5.94. The van der Waals surface area contributed by atoms with Crippen molar-refractivity contribution in [1.29, 1.82) is 5.26 Å². The Hall–Kier alpha value is -2.50. The molecule has 4 rings (SSSR count). The molecule has 0 spiro atoms. The zero-order chi connectivity index (χ0) is 23.6. The molecule has 0 radical (unpaired) electrons. The van der Waals surface area contributed by atoms with Gasteiger partial charge < -0.3 is 0 Å². The molecule has 0 aliphatic heterocycles. The van der Waals surface area contributed by atoms with Crippen LogP contribution in [0, 0.1) is 18.3 Å². The van der Waals surface area contributed by atoms with Crippen LogP contribution in [0.15, 0.2) is 34.8 Å². The van der Waals surface area contributed by atoms with Crippen LogP contribution in [0.25, 0.3) is 11.4 Å². The minimum atomic E-state index is -0.830. The Morgan fingerprint density at radius 1 is 1.24 bits per heavy atom. The molecule has 33 heavy (non-hydrogen) atoms. The first-order valence-corrected chi connectivity index (χ1v) is 13.2. The Labute approximate surface area is 203 Å². The van der Waals surface area contributed by atoms with E-state index in [1.165, 1.54) is 41.5 Å². The van der Waals surface area contributed by atoms with Crippen LogP contribution in [0.4, 0.5) is 0 Å². The number of carbonyl (C=O) groups is 1. The number of carbonyl (C=O) groups excluding carboxylic acids is 1. The molecule has 1 fully saturated rings. The second-order valence-electron chi connectivity index (χ2n) is 9.59. The summed E-state index contributed by atoms with van der Waals surface area (Å²) >= 11 is 2.74. The van der Waals surface area contributed by atoms with Gasteiger partial charge in [0.1, 0.15) is 5.01 Å². The number of benzene rings is 1. The van der Waals surface area contributed by atoms with Crippen LogP contribution in [0.3, 0.4) is 0 Å². The fraction of sp³-hybridized carbons (Fsp3) is 0.480. The van der Waals surface area contributed by atoms with Gasteiger partial charge in [0.15, 0.2) is 22.7 Å². The van der Waals surface area contributed by atoms with Crippen molar-refractivity contribution in [1.82, 2.24) is 19.7 Å². The first kappa shape index (κ1) is 23.7. The molecule has 0 saturated heterocycles. The molecule has 1 atom stereocenters. The van der Waals surface area contributed by atoms with Gasteiger partial charge in [-0.25, -0.2) is 4.98 Å². The van der Waals surface area contributed by atoms with Crippen molar-refractivity contribution in [3.63, 3.8) is 0 Å². The Bertz CT molecular complexity index is 1160. The maximum absolute atomic E-state index is 12.9. The van der Waals surface area contributed by atoms with Crippen molar-refractivity contribution in [2.75, 3.05) is 5.75 Å². The van der Waals surface area contributed by atoms with Crippen molar-refractivity contribution < 1.29 is 4.79 Å². The molecule has 0 N–H and O–H groups in total. The van der Waals surface area contributed by atoms with Crippen LogP contribution in [0.5, 0.6) is 0 Å². The standard InChI is InChI=1S/C25H29N5OS2/c1-16-14-32-23(27-16)20(13-26)21(31)15-33-24-29-28-22(30(24)19-7-5-6-8-19)17-9-11-18(12-10-17)25(2,3)4/h9-12,14,19-20H,5-8,15H2,1-4H3/t20-/m1/s1. The lowest BCUT2D eigenvalue weighted by Crippen LogP contribution is -2.14. The number of Topliss-reactive ketones (excluding diaryl/α,β-unsaturated/α-hetero) is 1. The lowest BCUT2D eigenvalue weighted by Gasteiger charge is -2.20. The fourth-order valence-electron chi connectivity index (χ4n) is 4.17. The minimum absolute atomic E-state index is 0.0896. The molecule has 2 heterocycles. The second-order valence-corrected chi connectivity index (χ2v) is 11.4. The van der Waals surface area contributed by atoms with E-state index >= 15 is 0 Å². The van der Waals surface area contributed by atoms with Crippen LogP contribution in [0.2, 0.25) is 0 Å². The first-order chi connectivity index (χ1) is 15.8. The summed E-state index contributed by atoms with van der Waals surface area (Å²) in [6.07, 6.45) is 4.56. The Morgan fingerprint density at radius 3 is 2.52 bits per heavy atom. The molecule has 3 aromatic rings. The van der Waals surface area contributed by atoms with E-state index < -0.39 is 5.92 Å². The highest BCUT2D eigenvalue weighted by Crippen LogP contribution is 2.37. The number of aryl methyl sites for hydroxylation is 1. The Morgan fingerprint density at radius 2 is 1.94 bits per heavy atom. The van der Waals surface area contributed by atoms with E-state index in [2.05, 4.69) is 70.9 Å². The van der Waals surface area contributed by atoms with Crippen LogP contribution < -0.4 is 0 Å². The normalized spacial score (nSPS) is 15.5. The van der Waals surface area contributed by atoms with E-state index in [9.17, 15) is 10.1 Å². The zero-order valence-electron chi connectivity index (χ0n) is 19.5. The molecule has 8 heteroatoms. The lowest BCUT2D eigenvalue weighted by atomic mass is 9.86. The molecule has 1 aliphatic rings. The number of aromatic nitrogens is 4. The van der Waals surface area contributed by atoms with E-state index in [0.717, 1.165) is 35.1 Å². The number of nitriles is 1. The molecule has 172 valence electrons. The number of hydrogen-bond acceptors (Lipinski definition) is 7. The largest absolute Gasteiger partial charge is 0.299 e. The molecule has 0 amide bonds. The summed E-state index contributed by atoms with van der Waals surface area (Å²) in [7, 11) is 0. The lowest BCUT2D eigenvalue weighted by molar-refractivity contribution is -0.116. The van der Waals surface area contributed by atoms with Crippen LogP contribution >= 0.6 is 23.1 Å². The summed E-state index contributed by atoms with van der Waals surface area (Å²) in [6.45, 7) is 8.48. The average Bonchev–Trinajstić information content (AvgIpc) is 3.53. The summed E-state index contributed by atoms with van der Waals surface area (Å²) < 4.78 is 2.21. The van der Waals surface area contributed by atoms with Gasteiger partial charge in [0.2, 0.25) is 0 Å². The zero-order valence-corrected chi connectivity index (χ0v) is 21.2. The predicted molar refractivity (Wildman–Crippen MR) is 133 cm³/mol. The second kappa shape index (κ2) is 9.78. The van der Waals surface area contributed by atoms with E-state index in [1.807, 2.05) is 12.3 Å². The van der Waals surface area contributed by atoms with Gasteiger partial charge in [-0.15, -0.1) is 21.5 Å². The number of thiazole rings is 1. The number of nitrogens with zero attached hydrogens (tertiary/aromatic N) is 5. The SMILES string of the molecule is Cc1csc([C@H](C#N)C(=O)CSc2nnc(-c3ccc(C(C)(C)C)cc3)n2C2CCCC2)n1. The van der Waals surface area contributed by atoms with Gasteiger partial charge in [0.25, 0.3) is 0 Å². The average molecular weight is 480 g/mol. The summed E-state index contributed by atoms with van der Waals surface area (Å²) in [5.74, 6) is 0.0482. The number of hydrogen-bond donors (Lipinski definition) is 0. The Balaban J connectivity index is 1.58. The van der Waals surface area contributed by atoms with Gasteiger partial charge in [0, 0.05) is 22.7 Å². The maximum Gasteiger partial charge on any atom is 0.192 e. The van der Waals surface area contributed by atoms with E-state index in [4.69, 9.17) is 0 Å². The highest BCUT2D eigenvalue weighted by molar-refractivity contribution is 7.99.